The predicted molar refractivity (Wildman–Crippen MR) is 125 cm³/mol. The molecule has 4 rings (SSSR count). The summed E-state index contributed by atoms with van der Waals surface area (Å²) in [6, 6.07) is 12.8. The number of carboxylic acid groups (broad SMARTS) is 1. The van der Waals surface area contributed by atoms with Crippen molar-refractivity contribution in [1.82, 2.24) is 9.55 Å². The molecule has 0 amide bonds. The minimum absolute atomic E-state index is 0.0311. The Balaban J connectivity index is 2.13. The van der Waals surface area contributed by atoms with Crippen LogP contribution < -0.4 is 4.74 Å². The smallest absolute Gasteiger partial charge is 0.335 e. The first-order valence-corrected chi connectivity index (χ1v) is 10.7. The second kappa shape index (κ2) is 9.21. The number of carbonyl (C=O) groups is 1. The largest absolute Gasteiger partial charge is 0.478 e. The molecule has 0 bridgehead atoms. The third-order valence-electron chi connectivity index (χ3n) is 5.33. The lowest BCUT2D eigenvalue weighted by atomic mass is 9.96. The number of rotatable bonds is 7. The number of halogens is 2. The lowest BCUT2D eigenvalue weighted by molar-refractivity contribution is 0.0521. The van der Waals surface area contributed by atoms with Crippen molar-refractivity contribution in [3.05, 3.63) is 77.0 Å². The number of hydrogen-bond donors (Lipinski definition) is 1. The van der Waals surface area contributed by atoms with Crippen molar-refractivity contribution in [2.24, 2.45) is 0 Å². The molecule has 0 radical (unpaired) electrons. The average Bonchev–Trinajstić information content (AvgIpc) is 3.14. The second-order valence-electron chi connectivity index (χ2n) is 7.80. The van der Waals surface area contributed by atoms with Crippen molar-refractivity contribution in [3.8, 4) is 22.6 Å². The Bertz CT molecular complexity index is 1320. The standard InChI is InChI=1S/C25H22ClFN2O4/c1-14(2)22-20(15-4-6-16(7-5-15)25(30)31)21-19(12-28-24(26)23(21)33-13-32-3)29(22)18-10-8-17(27)9-11-18/h4-12,14H,13H2,1-3H3,(H,30,31). The fourth-order valence-corrected chi connectivity index (χ4v) is 4.18. The molecule has 0 saturated heterocycles. The number of aromatic nitrogens is 2. The molecule has 2 aromatic heterocycles. The highest BCUT2D eigenvalue weighted by Gasteiger charge is 2.26. The van der Waals surface area contributed by atoms with Gasteiger partial charge in [0.25, 0.3) is 0 Å². The summed E-state index contributed by atoms with van der Waals surface area (Å²) >= 11 is 6.44. The van der Waals surface area contributed by atoms with Crippen molar-refractivity contribution >= 4 is 28.5 Å². The van der Waals surface area contributed by atoms with Crippen LogP contribution >= 0.6 is 11.6 Å². The maximum atomic E-state index is 13.7. The van der Waals surface area contributed by atoms with Gasteiger partial charge in [-0.25, -0.2) is 14.2 Å². The zero-order chi connectivity index (χ0) is 23.7. The fourth-order valence-electron chi connectivity index (χ4n) is 3.98. The number of fused-ring (bicyclic) bond motifs is 1. The van der Waals surface area contributed by atoms with Gasteiger partial charge in [0.15, 0.2) is 17.7 Å². The first kappa shape index (κ1) is 22.8. The van der Waals surface area contributed by atoms with Crippen molar-refractivity contribution in [2.45, 2.75) is 19.8 Å². The minimum Gasteiger partial charge on any atom is -0.478 e. The van der Waals surface area contributed by atoms with Crippen molar-refractivity contribution in [2.75, 3.05) is 13.9 Å². The Morgan fingerprint density at radius 3 is 2.39 bits per heavy atom. The van der Waals surface area contributed by atoms with Gasteiger partial charge in [0.2, 0.25) is 0 Å². The maximum Gasteiger partial charge on any atom is 0.335 e. The molecule has 0 saturated carbocycles. The highest BCUT2D eigenvalue weighted by atomic mass is 35.5. The number of pyridine rings is 1. The molecule has 8 heteroatoms. The van der Waals surface area contributed by atoms with Crippen LogP contribution in [0.15, 0.2) is 54.7 Å². The first-order chi connectivity index (χ1) is 15.8. The molecule has 0 aliphatic rings. The molecule has 170 valence electrons. The molecule has 2 heterocycles. The Labute approximate surface area is 195 Å². The minimum atomic E-state index is -1.00. The normalized spacial score (nSPS) is 11.3. The van der Waals surface area contributed by atoms with E-state index >= 15 is 0 Å². The van der Waals surface area contributed by atoms with E-state index in [0.29, 0.717) is 11.1 Å². The third kappa shape index (κ3) is 4.17. The highest BCUT2D eigenvalue weighted by molar-refractivity contribution is 6.32. The maximum absolute atomic E-state index is 13.7. The van der Waals surface area contributed by atoms with E-state index in [1.165, 1.54) is 19.2 Å². The van der Waals surface area contributed by atoms with E-state index < -0.39 is 5.97 Å². The van der Waals surface area contributed by atoms with Crippen LogP contribution in [0, 0.1) is 5.82 Å². The van der Waals surface area contributed by atoms with Crippen molar-refractivity contribution in [1.29, 1.82) is 0 Å². The molecule has 0 fully saturated rings. The van der Waals surface area contributed by atoms with Crippen LogP contribution in [0.25, 0.3) is 27.7 Å². The number of aromatic carboxylic acids is 1. The summed E-state index contributed by atoms with van der Waals surface area (Å²) in [7, 11) is 1.51. The molecular formula is C25H22ClFN2O4. The molecule has 0 atom stereocenters. The lowest BCUT2D eigenvalue weighted by Crippen LogP contribution is -2.03. The molecule has 6 nitrogen and oxygen atoms in total. The molecule has 0 unspecified atom stereocenters. The van der Waals surface area contributed by atoms with Crippen LogP contribution in [0.1, 0.15) is 35.8 Å². The number of hydrogen-bond acceptors (Lipinski definition) is 4. The Hall–Kier alpha value is -3.42. The molecule has 0 aliphatic heterocycles. The van der Waals surface area contributed by atoms with Gasteiger partial charge in [0.05, 0.1) is 22.7 Å². The Kier molecular flexibility index (Phi) is 6.35. The van der Waals surface area contributed by atoms with E-state index in [1.807, 2.05) is 18.4 Å². The highest BCUT2D eigenvalue weighted by Crippen LogP contribution is 2.46. The van der Waals surface area contributed by atoms with Crippen LogP contribution in [-0.4, -0.2) is 34.5 Å². The monoisotopic (exact) mass is 468 g/mol. The molecule has 1 N–H and O–H groups in total. The zero-order valence-corrected chi connectivity index (χ0v) is 19.1. The summed E-state index contributed by atoms with van der Waals surface area (Å²) in [6.07, 6.45) is 1.65. The van der Waals surface area contributed by atoms with Crippen LogP contribution in [-0.2, 0) is 4.74 Å². The molecule has 2 aromatic carbocycles. The number of nitrogens with zero attached hydrogens (tertiary/aromatic N) is 2. The van der Waals surface area contributed by atoms with Gasteiger partial charge >= 0.3 is 5.97 Å². The predicted octanol–water partition coefficient (Wildman–Crippen LogP) is 6.29. The van der Waals surface area contributed by atoms with E-state index in [9.17, 15) is 14.3 Å². The molecular weight excluding hydrogens is 447 g/mol. The summed E-state index contributed by atoms with van der Waals surface area (Å²) < 4.78 is 26.6. The van der Waals surface area contributed by atoms with E-state index in [0.717, 1.165) is 28.0 Å². The summed E-state index contributed by atoms with van der Waals surface area (Å²) in [5, 5.41) is 10.2. The van der Waals surface area contributed by atoms with Gasteiger partial charge in [-0.05, 0) is 47.9 Å². The summed E-state index contributed by atoms with van der Waals surface area (Å²) in [6.45, 7) is 4.07. The van der Waals surface area contributed by atoms with Crippen LogP contribution in [0.5, 0.6) is 5.75 Å². The number of ether oxygens (including phenoxy) is 2. The van der Waals surface area contributed by atoms with E-state index in [4.69, 9.17) is 21.1 Å². The topological polar surface area (TPSA) is 73.6 Å². The molecule has 0 aliphatic carbocycles. The quantitative estimate of drug-likeness (QED) is 0.255. The number of benzene rings is 2. The van der Waals surface area contributed by atoms with Crippen molar-refractivity contribution < 1.29 is 23.8 Å². The van der Waals surface area contributed by atoms with Crippen molar-refractivity contribution in [3.63, 3.8) is 0 Å². The Morgan fingerprint density at radius 2 is 1.82 bits per heavy atom. The summed E-state index contributed by atoms with van der Waals surface area (Å²) in [4.78, 5) is 15.7. The molecule has 4 aromatic rings. The van der Waals surface area contributed by atoms with Crippen LogP contribution in [0.4, 0.5) is 4.39 Å². The zero-order valence-electron chi connectivity index (χ0n) is 18.3. The summed E-state index contributed by atoms with van der Waals surface area (Å²) in [5.74, 6) is -0.950. The van der Waals surface area contributed by atoms with E-state index in [1.54, 1.807) is 42.6 Å². The first-order valence-electron chi connectivity index (χ1n) is 10.3. The lowest BCUT2D eigenvalue weighted by Gasteiger charge is -2.15. The van der Waals surface area contributed by atoms with Gasteiger partial charge in [0.1, 0.15) is 5.82 Å². The van der Waals surface area contributed by atoms with Gasteiger partial charge in [-0.2, -0.15) is 0 Å². The average molecular weight is 469 g/mol. The van der Waals surface area contributed by atoms with Gasteiger partial charge < -0.3 is 19.1 Å². The SMILES string of the molecule is COCOc1c(Cl)ncc2c1c(-c1ccc(C(=O)O)cc1)c(C(C)C)n2-c1ccc(F)cc1. The van der Waals surface area contributed by atoms with Crippen LogP contribution in [0.2, 0.25) is 5.15 Å². The second-order valence-corrected chi connectivity index (χ2v) is 8.16. The summed E-state index contributed by atoms with van der Waals surface area (Å²) in [5.41, 5.74) is 4.20. The van der Waals surface area contributed by atoms with Gasteiger partial charge in [0, 0.05) is 24.1 Å². The number of methoxy groups -OCH3 is 1. The molecule has 0 spiro atoms. The van der Waals surface area contributed by atoms with Gasteiger partial charge in [-0.15, -0.1) is 0 Å². The Morgan fingerprint density at radius 1 is 1.15 bits per heavy atom. The van der Waals surface area contributed by atoms with Crippen LogP contribution in [0.3, 0.4) is 0 Å². The van der Waals surface area contributed by atoms with E-state index in [-0.39, 0.29) is 29.2 Å². The molecule has 33 heavy (non-hydrogen) atoms. The third-order valence-corrected chi connectivity index (χ3v) is 5.60. The van der Waals surface area contributed by atoms with Gasteiger partial charge in [-0.1, -0.05) is 37.6 Å². The van der Waals surface area contributed by atoms with Gasteiger partial charge in [-0.3, -0.25) is 0 Å². The number of carboxylic acids is 1. The van der Waals surface area contributed by atoms with E-state index in [2.05, 4.69) is 4.98 Å². The fraction of sp³-hybridized carbons (Fsp3) is 0.200.